The second-order valence-corrected chi connectivity index (χ2v) is 4.61. The summed E-state index contributed by atoms with van der Waals surface area (Å²) in [6, 6.07) is 0. The van der Waals surface area contributed by atoms with Gasteiger partial charge in [0.1, 0.15) is 12.1 Å². The highest BCUT2D eigenvalue weighted by Crippen LogP contribution is 2.05. The lowest BCUT2D eigenvalue weighted by molar-refractivity contribution is -0.125. The molecule has 0 aliphatic rings. The predicted octanol–water partition coefficient (Wildman–Crippen LogP) is -0.623. The molecule has 0 aromatic carbocycles. The Hall–Kier alpha value is -2.23. The monoisotopic (exact) mass is 269 g/mol. The highest BCUT2D eigenvalue weighted by Gasteiger charge is 2.16. The number of nitrogens with one attached hydrogen (secondary N) is 3. The van der Waals surface area contributed by atoms with Crippen LogP contribution in [0, 0.1) is 12.3 Å². The van der Waals surface area contributed by atoms with Crippen LogP contribution in [0.25, 0.3) is 0 Å². The molecule has 0 atom stereocenters. The maximum atomic E-state index is 11.3. The van der Waals surface area contributed by atoms with E-state index in [1.54, 1.807) is 20.8 Å². The molecule has 106 valence electrons. The van der Waals surface area contributed by atoms with E-state index in [1.807, 2.05) is 0 Å². The molecule has 0 saturated heterocycles. The maximum Gasteiger partial charge on any atom is 0.408 e. The summed E-state index contributed by atoms with van der Waals surface area (Å²) >= 11 is 0. The number of carbonyl (C=O) groups excluding carboxylic acids is 3. The fourth-order valence-electron chi connectivity index (χ4n) is 0.920. The summed E-state index contributed by atoms with van der Waals surface area (Å²) in [4.78, 5) is 33.6. The Morgan fingerprint density at radius 2 is 1.58 bits per heavy atom. The van der Waals surface area contributed by atoms with Crippen molar-refractivity contribution in [1.82, 2.24) is 16.0 Å². The molecule has 7 heteroatoms. The fourth-order valence-corrected chi connectivity index (χ4v) is 0.920. The van der Waals surface area contributed by atoms with Gasteiger partial charge in [-0.2, -0.15) is 0 Å². The molecule has 0 aliphatic heterocycles. The van der Waals surface area contributed by atoms with Gasteiger partial charge in [-0.25, -0.2) is 4.79 Å². The van der Waals surface area contributed by atoms with Gasteiger partial charge in [-0.1, -0.05) is 5.92 Å². The molecule has 0 radical (unpaired) electrons. The average Bonchev–Trinajstić information content (AvgIpc) is 2.29. The number of hydrogen-bond donors (Lipinski definition) is 3. The molecular weight excluding hydrogens is 250 g/mol. The van der Waals surface area contributed by atoms with Gasteiger partial charge < -0.3 is 20.7 Å². The van der Waals surface area contributed by atoms with Gasteiger partial charge in [-0.05, 0) is 20.8 Å². The van der Waals surface area contributed by atoms with Crippen molar-refractivity contribution in [3.8, 4) is 12.3 Å². The number of hydrogen-bond acceptors (Lipinski definition) is 4. The van der Waals surface area contributed by atoms with Gasteiger partial charge in [0.25, 0.3) is 0 Å². The molecule has 7 nitrogen and oxygen atoms in total. The van der Waals surface area contributed by atoms with Crippen LogP contribution >= 0.6 is 0 Å². The van der Waals surface area contributed by atoms with Crippen LogP contribution in [0.4, 0.5) is 4.79 Å². The normalized spacial score (nSPS) is 10.0. The van der Waals surface area contributed by atoms with Crippen molar-refractivity contribution in [3.63, 3.8) is 0 Å². The van der Waals surface area contributed by atoms with Crippen molar-refractivity contribution in [3.05, 3.63) is 0 Å². The first-order valence-electron chi connectivity index (χ1n) is 5.68. The van der Waals surface area contributed by atoms with Crippen molar-refractivity contribution < 1.29 is 19.1 Å². The third kappa shape index (κ3) is 10.6. The second kappa shape index (κ2) is 7.97. The minimum absolute atomic E-state index is 0.102. The molecule has 0 spiro atoms. The molecule has 0 aromatic rings. The first kappa shape index (κ1) is 16.8. The van der Waals surface area contributed by atoms with E-state index in [2.05, 4.69) is 21.9 Å². The molecule has 0 aromatic heterocycles. The van der Waals surface area contributed by atoms with Gasteiger partial charge in [0.15, 0.2) is 0 Å². The third-order valence-corrected chi connectivity index (χ3v) is 1.63. The lowest BCUT2D eigenvalue weighted by Crippen LogP contribution is -2.43. The quantitative estimate of drug-likeness (QED) is 0.579. The second-order valence-electron chi connectivity index (χ2n) is 4.61. The Labute approximate surface area is 112 Å². The lowest BCUT2D eigenvalue weighted by Gasteiger charge is -2.19. The van der Waals surface area contributed by atoms with Gasteiger partial charge in [0.2, 0.25) is 11.8 Å². The van der Waals surface area contributed by atoms with E-state index in [0.717, 1.165) is 0 Å². The van der Waals surface area contributed by atoms with Crippen LogP contribution in [0.1, 0.15) is 20.8 Å². The summed E-state index contributed by atoms with van der Waals surface area (Å²) in [5.74, 6) is 1.33. The van der Waals surface area contributed by atoms with Crippen LogP contribution in [0.15, 0.2) is 0 Å². The Kier molecular flexibility index (Phi) is 7.04. The molecule has 0 saturated carbocycles. The topological polar surface area (TPSA) is 96.5 Å². The van der Waals surface area contributed by atoms with E-state index < -0.39 is 23.5 Å². The van der Waals surface area contributed by atoms with Crippen molar-refractivity contribution in [2.75, 3.05) is 19.6 Å². The first-order valence-corrected chi connectivity index (χ1v) is 5.68. The van der Waals surface area contributed by atoms with E-state index in [4.69, 9.17) is 11.2 Å². The number of terminal acetylenes is 1. The average molecular weight is 269 g/mol. The summed E-state index contributed by atoms with van der Waals surface area (Å²) in [5, 5.41) is 6.97. The van der Waals surface area contributed by atoms with Crippen molar-refractivity contribution >= 4 is 17.9 Å². The summed E-state index contributed by atoms with van der Waals surface area (Å²) < 4.78 is 4.94. The number of rotatable bonds is 5. The predicted molar refractivity (Wildman–Crippen MR) is 69.1 cm³/mol. The number of ether oxygens (including phenoxy) is 1. The standard InChI is InChI=1S/C12H19N3O4/c1-5-6-13-9(16)7-14-10(17)8-15-11(18)19-12(2,3)4/h1H,6-8H2,2-4H3,(H,13,16)(H,14,17)(H,15,18). The summed E-state index contributed by atoms with van der Waals surface area (Å²) in [7, 11) is 0. The van der Waals surface area contributed by atoms with Crippen LogP contribution in [0.3, 0.4) is 0 Å². The molecule has 0 rings (SSSR count). The maximum absolute atomic E-state index is 11.3. The largest absolute Gasteiger partial charge is 0.444 e. The number of carbonyl (C=O) groups is 3. The van der Waals surface area contributed by atoms with E-state index in [1.165, 1.54) is 0 Å². The highest BCUT2D eigenvalue weighted by molar-refractivity contribution is 5.87. The molecule has 3 amide bonds. The first-order chi connectivity index (χ1) is 8.74. The van der Waals surface area contributed by atoms with E-state index >= 15 is 0 Å². The van der Waals surface area contributed by atoms with Crippen LogP contribution < -0.4 is 16.0 Å². The SMILES string of the molecule is C#CCNC(=O)CNC(=O)CNC(=O)OC(C)(C)C. The van der Waals surface area contributed by atoms with Gasteiger partial charge in [0.05, 0.1) is 13.1 Å². The molecule has 0 bridgehead atoms. The molecule has 0 aliphatic carbocycles. The zero-order chi connectivity index (χ0) is 14.9. The smallest absolute Gasteiger partial charge is 0.408 e. The zero-order valence-electron chi connectivity index (χ0n) is 11.3. The van der Waals surface area contributed by atoms with Crippen LogP contribution in [-0.2, 0) is 14.3 Å². The van der Waals surface area contributed by atoms with Gasteiger partial charge in [0, 0.05) is 0 Å². The molecule has 0 unspecified atom stereocenters. The highest BCUT2D eigenvalue weighted by atomic mass is 16.6. The molecular formula is C12H19N3O4. The van der Waals surface area contributed by atoms with Gasteiger partial charge in [-0.3, -0.25) is 9.59 Å². The van der Waals surface area contributed by atoms with Crippen molar-refractivity contribution in [2.24, 2.45) is 0 Å². The zero-order valence-corrected chi connectivity index (χ0v) is 11.3. The van der Waals surface area contributed by atoms with Gasteiger partial charge >= 0.3 is 6.09 Å². The van der Waals surface area contributed by atoms with E-state index in [9.17, 15) is 14.4 Å². The Morgan fingerprint density at radius 3 is 2.11 bits per heavy atom. The summed E-state index contributed by atoms with van der Waals surface area (Å²) in [5.41, 5.74) is -0.629. The Morgan fingerprint density at radius 1 is 1.05 bits per heavy atom. The minimum Gasteiger partial charge on any atom is -0.444 e. The Bertz CT molecular complexity index is 379. The van der Waals surface area contributed by atoms with Crippen molar-refractivity contribution in [2.45, 2.75) is 26.4 Å². The number of alkyl carbamates (subject to hydrolysis) is 1. The van der Waals surface area contributed by atoms with Crippen molar-refractivity contribution in [1.29, 1.82) is 0 Å². The number of amides is 3. The van der Waals surface area contributed by atoms with Gasteiger partial charge in [-0.15, -0.1) is 6.42 Å². The summed E-state index contributed by atoms with van der Waals surface area (Å²) in [6.45, 7) is 4.77. The Balaban J connectivity index is 3.79. The summed E-state index contributed by atoms with van der Waals surface area (Å²) in [6.07, 6.45) is 4.26. The lowest BCUT2D eigenvalue weighted by atomic mass is 10.2. The molecule has 0 fully saturated rings. The fraction of sp³-hybridized carbons (Fsp3) is 0.583. The minimum atomic E-state index is -0.695. The molecule has 19 heavy (non-hydrogen) atoms. The van der Waals surface area contributed by atoms with E-state index in [0.29, 0.717) is 0 Å². The third-order valence-electron chi connectivity index (χ3n) is 1.63. The molecule has 0 heterocycles. The molecule has 3 N–H and O–H groups in total. The van der Waals surface area contributed by atoms with E-state index in [-0.39, 0.29) is 19.6 Å². The van der Waals surface area contributed by atoms with Crippen LogP contribution in [0.2, 0.25) is 0 Å². The van der Waals surface area contributed by atoms with Crippen LogP contribution in [-0.4, -0.2) is 43.1 Å². The van der Waals surface area contributed by atoms with Crippen LogP contribution in [0.5, 0.6) is 0 Å².